The average molecular weight is 188 g/mol. The van der Waals surface area contributed by atoms with Gasteiger partial charge in [0, 0.05) is 13.5 Å². The van der Waals surface area contributed by atoms with Crippen LogP contribution in [0.3, 0.4) is 0 Å². The molecule has 1 unspecified atom stereocenters. The molecule has 5 nitrogen and oxygen atoms in total. The third kappa shape index (κ3) is 6.10. The van der Waals surface area contributed by atoms with Crippen molar-refractivity contribution in [1.82, 2.24) is 10.6 Å². The molecule has 0 saturated heterocycles. The Balaban J connectivity index is 3.76. The molecule has 76 valence electrons. The monoisotopic (exact) mass is 188 g/mol. The summed E-state index contributed by atoms with van der Waals surface area (Å²) in [4.78, 5) is 21.7. The number of aliphatic hydroxyl groups excluding tert-OH is 1. The molecular formula is C8H16N2O3. The molecule has 2 amide bonds. The van der Waals surface area contributed by atoms with Crippen LogP contribution in [0.4, 0.5) is 0 Å². The lowest BCUT2D eigenvalue weighted by Crippen LogP contribution is -2.45. The van der Waals surface area contributed by atoms with Crippen LogP contribution in [0.2, 0.25) is 0 Å². The van der Waals surface area contributed by atoms with Crippen molar-refractivity contribution < 1.29 is 14.7 Å². The molecule has 2 atom stereocenters. The molecule has 0 aromatic heterocycles. The molecule has 0 aliphatic carbocycles. The molecule has 0 rings (SSSR count). The van der Waals surface area contributed by atoms with Gasteiger partial charge in [-0.25, -0.2) is 0 Å². The molecule has 0 spiro atoms. The lowest BCUT2D eigenvalue weighted by atomic mass is 10.3. The molecule has 0 aromatic rings. The fourth-order valence-electron chi connectivity index (χ4n) is 0.772. The highest BCUT2D eigenvalue weighted by Gasteiger charge is 2.12. The van der Waals surface area contributed by atoms with Gasteiger partial charge < -0.3 is 15.7 Å². The summed E-state index contributed by atoms with van der Waals surface area (Å²) in [6.07, 6.45) is -0.575. The Labute approximate surface area is 77.5 Å². The second-order valence-corrected chi connectivity index (χ2v) is 3.02. The number of hydrogen-bond acceptors (Lipinski definition) is 3. The second-order valence-electron chi connectivity index (χ2n) is 3.02. The standard InChI is InChI=1S/C8H16N2O3/c1-5(11)4-9-8(13)6(2)10-7(3)12/h5-6,11H,4H2,1-3H3,(H,9,13)(H,10,12)/t5-,6?/m1/s1. The maximum Gasteiger partial charge on any atom is 0.242 e. The minimum atomic E-state index is -0.575. The van der Waals surface area contributed by atoms with Gasteiger partial charge >= 0.3 is 0 Å². The summed E-state index contributed by atoms with van der Waals surface area (Å²) in [5.41, 5.74) is 0. The van der Waals surface area contributed by atoms with E-state index in [0.717, 1.165) is 0 Å². The highest BCUT2D eigenvalue weighted by molar-refractivity contribution is 5.86. The van der Waals surface area contributed by atoms with Crippen LogP contribution in [-0.2, 0) is 9.59 Å². The molecule has 0 heterocycles. The van der Waals surface area contributed by atoms with Crippen molar-refractivity contribution in [3.8, 4) is 0 Å². The van der Waals surface area contributed by atoms with E-state index in [1.165, 1.54) is 6.92 Å². The van der Waals surface area contributed by atoms with Crippen molar-refractivity contribution in [3.05, 3.63) is 0 Å². The van der Waals surface area contributed by atoms with E-state index >= 15 is 0 Å². The van der Waals surface area contributed by atoms with Crippen LogP contribution in [-0.4, -0.2) is 35.6 Å². The van der Waals surface area contributed by atoms with Crippen LogP contribution in [0.15, 0.2) is 0 Å². The van der Waals surface area contributed by atoms with Gasteiger partial charge in [-0.1, -0.05) is 0 Å². The van der Waals surface area contributed by atoms with Crippen LogP contribution in [0.25, 0.3) is 0 Å². The van der Waals surface area contributed by atoms with Crippen molar-refractivity contribution in [2.24, 2.45) is 0 Å². The number of amides is 2. The van der Waals surface area contributed by atoms with E-state index in [9.17, 15) is 9.59 Å². The maximum atomic E-state index is 11.1. The van der Waals surface area contributed by atoms with Gasteiger partial charge in [0.2, 0.25) is 11.8 Å². The van der Waals surface area contributed by atoms with Crippen LogP contribution in [0.5, 0.6) is 0 Å². The first-order valence-electron chi connectivity index (χ1n) is 4.16. The minimum Gasteiger partial charge on any atom is -0.392 e. The Morgan fingerprint density at radius 1 is 1.38 bits per heavy atom. The first-order valence-corrected chi connectivity index (χ1v) is 4.16. The number of carbonyl (C=O) groups excluding carboxylic acids is 2. The summed E-state index contributed by atoms with van der Waals surface area (Å²) < 4.78 is 0. The van der Waals surface area contributed by atoms with E-state index in [4.69, 9.17) is 5.11 Å². The van der Waals surface area contributed by atoms with Gasteiger partial charge in [-0.2, -0.15) is 0 Å². The van der Waals surface area contributed by atoms with Crippen LogP contribution in [0, 0.1) is 0 Å². The van der Waals surface area contributed by atoms with Gasteiger partial charge in [0.15, 0.2) is 0 Å². The Morgan fingerprint density at radius 2 is 1.92 bits per heavy atom. The van der Waals surface area contributed by atoms with Crippen LogP contribution >= 0.6 is 0 Å². The van der Waals surface area contributed by atoms with Gasteiger partial charge in [-0.3, -0.25) is 9.59 Å². The zero-order valence-electron chi connectivity index (χ0n) is 8.13. The molecule has 0 aliphatic heterocycles. The van der Waals surface area contributed by atoms with Crippen molar-refractivity contribution in [1.29, 1.82) is 0 Å². The Hall–Kier alpha value is -1.10. The van der Waals surface area contributed by atoms with E-state index in [-0.39, 0.29) is 18.4 Å². The molecule has 3 N–H and O–H groups in total. The highest BCUT2D eigenvalue weighted by atomic mass is 16.3. The molecule has 0 bridgehead atoms. The number of hydrogen-bond donors (Lipinski definition) is 3. The Bertz CT molecular complexity index is 192. The third-order valence-corrected chi connectivity index (χ3v) is 1.38. The van der Waals surface area contributed by atoms with E-state index in [1.807, 2.05) is 0 Å². The largest absolute Gasteiger partial charge is 0.392 e. The first kappa shape index (κ1) is 11.9. The smallest absolute Gasteiger partial charge is 0.242 e. The van der Waals surface area contributed by atoms with Crippen molar-refractivity contribution >= 4 is 11.8 Å². The molecular weight excluding hydrogens is 172 g/mol. The van der Waals surface area contributed by atoms with Gasteiger partial charge in [0.1, 0.15) is 6.04 Å². The highest BCUT2D eigenvalue weighted by Crippen LogP contribution is 1.83. The lowest BCUT2D eigenvalue weighted by Gasteiger charge is -2.13. The predicted molar refractivity (Wildman–Crippen MR) is 48.0 cm³/mol. The van der Waals surface area contributed by atoms with E-state index in [1.54, 1.807) is 13.8 Å². The second kappa shape index (κ2) is 5.53. The molecule has 13 heavy (non-hydrogen) atoms. The molecule has 0 radical (unpaired) electrons. The molecule has 0 fully saturated rings. The van der Waals surface area contributed by atoms with Crippen molar-refractivity contribution in [2.75, 3.05) is 6.54 Å². The van der Waals surface area contributed by atoms with E-state index < -0.39 is 12.1 Å². The zero-order valence-corrected chi connectivity index (χ0v) is 8.13. The zero-order chi connectivity index (χ0) is 10.4. The van der Waals surface area contributed by atoms with Crippen LogP contribution in [0.1, 0.15) is 20.8 Å². The van der Waals surface area contributed by atoms with Crippen molar-refractivity contribution in [2.45, 2.75) is 32.9 Å². The van der Waals surface area contributed by atoms with Gasteiger partial charge in [-0.05, 0) is 13.8 Å². The minimum absolute atomic E-state index is 0.197. The number of aliphatic hydroxyl groups is 1. The predicted octanol–water partition coefficient (Wildman–Crippen LogP) is -0.992. The van der Waals surface area contributed by atoms with E-state index in [2.05, 4.69) is 10.6 Å². The topological polar surface area (TPSA) is 78.4 Å². The number of rotatable bonds is 4. The molecule has 5 heteroatoms. The van der Waals surface area contributed by atoms with E-state index in [0.29, 0.717) is 0 Å². The van der Waals surface area contributed by atoms with Gasteiger partial charge in [0.25, 0.3) is 0 Å². The summed E-state index contributed by atoms with van der Waals surface area (Å²) in [5, 5.41) is 13.8. The maximum absolute atomic E-state index is 11.1. The number of nitrogens with one attached hydrogen (secondary N) is 2. The summed E-state index contributed by atoms with van der Waals surface area (Å²) >= 11 is 0. The quantitative estimate of drug-likeness (QED) is 0.530. The van der Waals surface area contributed by atoms with Gasteiger partial charge in [-0.15, -0.1) is 0 Å². The summed E-state index contributed by atoms with van der Waals surface area (Å²) in [7, 11) is 0. The first-order chi connectivity index (χ1) is 5.93. The fraction of sp³-hybridized carbons (Fsp3) is 0.750. The molecule has 0 aromatic carbocycles. The molecule has 0 aliphatic rings. The summed E-state index contributed by atoms with van der Waals surface area (Å²) in [6.45, 7) is 4.70. The summed E-state index contributed by atoms with van der Waals surface area (Å²) in [6, 6.07) is -0.559. The van der Waals surface area contributed by atoms with Crippen LogP contribution < -0.4 is 10.6 Å². The summed E-state index contributed by atoms with van der Waals surface area (Å²) in [5.74, 6) is -0.546. The fourth-order valence-corrected chi connectivity index (χ4v) is 0.772. The number of carbonyl (C=O) groups is 2. The SMILES string of the molecule is CC(=O)NC(C)C(=O)NC[C@@H](C)O. The van der Waals surface area contributed by atoms with Crippen molar-refractivity contribution in [3.63, 3.8) is 0 Å². The third-order valence-electron chi connectivity index (χ3n) is 1.38. The normalized spacial score (nSPS) is 14.5. The Kier molecular flexibility index (Phi) is 5.06. The molecule has 0 saturated carbocycles. The Morgan fingerprint density at radius 3 is 2.31 bits per heavy atom. The average Bonchev–Trinajstić information content (AvgIpc) is 1.98. The van der Waals surface area contributed by atoms with Gasteiger partial charge in [0.05, 0.1) is 6.10 Å². The lowest BCUT2D eigenvalue weighted by molar-refractivity contribution is -0.127.